The first-order valence-corrected chi connectivity index (χ1v) is 7.93. The number of hydrogen-bond donors (Lipinski definition) is 2. The molecule has 0 spiro atoms. The molecule has 3 amide bonds. The maximum Gasteiger partial charge on any atom is 0.317 e. The first kappa shape index (κ1) is 16.3. The Morgan fingerprint density at radius 2 is 1.82 bits per heavy atom. The van der Waals surface area contributed by atoms with Gasteiger partial charge in [-0.05, 0) is 32.3 Å². The number of likely N-dealkylation sites (tertiary alicyclic amines) is 1. The molecular weight excluding hydrogens is 278 g/mol. The van der Waals surface area contributed by atoms with Crippen molar-refractivity contribution in [2.75, 3.05) is 13.1 Å². The van der Waals surface area contributed by atoms with Gasteiger partial charge in [-0.15, -0.1) is 0 Å². The minimum Gasteiger partial charge on any atom is -0.353 e. The highest BCUT2D eigenvalue weighted by atomic mass is 16.2. The van der Waals surface area contributed by atoms with Crippen molar-refractivity contribution >= 4 is 11.9 Å². The van der Waals surface area contributed by atoms with E-state index in [1.54, 1.807) is 0 Å². The van der Waals surface area contributed by atoms with E-state index >= 15 is 0 Å². The summed E-state index contributed by atoms with van der Waals surface area (Å²) in [5, 5.41) is 5.97. The smallest absolute Gasteiger partial charge is 0.317 e. The Morgan fingerprint density at radius 1 is 1.18 bits per heavy atom. The normalized spacial score (nSPS) is 15.7. The van der Waals surface area contributed by atoms with E-state index in [-0.39, 0.29) is 24.0 Å². The summed E-state index contributed by atoms with van der Waals surface area (Å²) in [6.45, 7) is 5.28. The van der Waals surface area contributed by atoms with Crippen molar-refractivity contribution in [1.82, 2.24) is 15.5 Å². The second-order valence-corrected chi connectivity index (χ2v) is 6.10. The van der Waals surface area contributed by atoms with Gasteiger partial charge in [-0.25, -0.2) is 4.79 Å². The molecule has 0 atom stereocenters. The van der Waals surface area contributed by atoms with E-state index in [1.807, 2.05) is 49.1 Å². The van der Waals surface area contributed by atoms with E-state index in [9.17, 15) is 9.59 Å². The fourth-order valence-electron chi connectivity index (χ4n) is 2.63. The van der Waals surface area contributed by atoms with Gasteiger partial charge in [0.1, 0.15) is 0 Å². The lowest BCUT2D eigenvalue weighted by Gasteiger charge is -2.33. The molecule has 0 saturated carbocycles. The van der Waals surface area contributed by atoms with Crippen LogP contribution in [0.5, 0.6) is 0 Å². The molecule has 0 unspecified atom stereocenters. The first-order chi connectivity index (χ1) is 10.5. The zero-order valence-corrected chi connectivity index (χ0v) is 13.3. The topological polar surface area (TPSA) is 61.4 Å². The summed E-state index contributed by atoms with van der Waals surface area (Å²) >= 11 is 0. The van der Waals surface area contributed by atoms with Crippen LogP contribution in [0.2, 0.25) is 0 Å². The fraction of sp³-hybridized carbons (Fsp3) is 0.529. The minimum atomic E-state index is -0.0101. The molecule has 0 aliphatic carbocycles. The maximum absolute atomic E-state index is 12.0. The van der Waals surface area contributed by atoms with E-state index in [0.717, 1.165) is 18.4 Å². The van der Waals surface area contributed by atoms with Crippen molar-refractivity contribution in [2.24, 2.45) is 0 Å². The molecule has 1 fully saturated rings. The lowest BCUT2D eigenvalue weighted by atomic mass is 10.0. The van der Waals surface area contributed by atoms with Crippen LogP contribution in [0.25, 0.3) is 0 Å². The van der Waals surface area contributed by atoms with Crippen LogP contribution in [-0.2, 0) is 11.2 Å². The van der Waals surface area contributed by atoms with E-state index in [0.29, 0.717) is 19.5 Å². The zero-order chi connectivity index (χ0) is 15.9. The van der Waals surface area contributed by atoms with Gasteiger partial charge in [0.05, 0.1) is 6.42 Å². The van der Waals surface area contributed by atoms with Crippen LogP contribution in [-0.4, -0.2) is 42.0 Å². The number of rotatable bonds is 4. The van der Waals surface area contributed by atoms with E-state index in [4.69, 9.17) is 0 Å². The largest absolute Gasteiger partial charge is 0.353 e. The molecule has 120 valence electrons. The summed E-state index contributed by atoms with van der Waals surface area (Å²) in [6, 6.07) is 10.0. The average Bonchev–Trinajstić information content (AvgIpc) is 2.48. The second-order valence-electron chi connectivity index (χ2n) is 6.10. The third-order valence-corrected chi connectivity index (χ3v) is 3.77. The number of benzene rings is 1. The molecule has 22 heavy (non-hydrogen) atoms. The summed E-state index contributed by atoms with van der Waals surface area (Å²) < 4.78 is 0. The number of hydrogen-bond acceptors (Lipinski definition) is 2. The van der Waals surface area contributed by atoms with Crippen molar-refractivity contribution in [1.29, 1.82) is 0 Å². The van der Waals surface area contributed by atoms with Crippen LogP contribution in [0, 0.1) is 0 Å². The van der Waals surface area contributed by atoms with Crippen molar-refractivity contribution in [3.05, 3.63) is 35.9 Å². The molecule has 5 heteroatoms. The van der Waals surface area contributed by atoms with Gasteiger partial charge in [0.25, 0.3) is 0 Å². The number of carbonyl (C=O) groups excluding carboxylic acids is 2. The quantitative estimate of drug-likeness (QED) is 0.893. The summed E-state index contributed by atoms with van der Waals surface area (Å²) in [6.07, 6.45) is 2.03. The number of carbonyl (C=O) groups is 2. The third-order valence-electron chi connectivity index (χ3n) is 3.77. The Bertz CT molecular complexity index is 494. The molecule has 0 radical (unpaired) electrons. The van der Waals surface area contributed by atoms with Gasteiger partial charge in [-0.1, -0.05) is 30.3 Å². The summed E-state index contributed by atoms with van der Waals surface area (Å²) in [5.41, 5.74) is 1.02. The first-order valence-electron chi connectivity index (χ1n) is 7.93. The number of nitrogens with zero attached hydrogens (tertiary/aromatic N) is 1. The van der Waals surface area contributed by atoms with Crippen LogP contribution < -0.4 is 10.6 Å². The fourth-order valence-corrected chi connectivity index (χ4v) is 2.63. The lowest BCUT2D eigenvalue weighted by molar-refractivity contribution is -0.121. The van der Waals surface area contributed by atoms with E-state index in [1.165, 1.54) is 0 Å². The molecule has 2 N–H and O–H groups in total. The van der Waals surface area contributed by atoms with E-state index < -0.39 is 0 Å². The zero-order valence-electron chi connectivity index (χ0n) is 13.3. The summed E-state index contributed by atoms with van der Waals surface area (Å²) in [5.74, 6) is 0.0521. The van der Waals surface area contributed by atoms with Gasteiger partial charge in [-0.2, -0.15) is 0 Å². The third kappa shape index (κ3) is 5.06. The summed E-state index contributed by atoms with van der Waals surface area (Å²) in [4.78, 5) is 25.8. The Hall–Kier alpha value is -2.04. The average molecular weight is 303 g/mol. The lowest BCUT2D eigenvalue weighted by Crippen LogP contribution is -2.50. The molecular formula is C17H25N3O2. The predicted octanol–water partition coefficient (Wildman–Crippen LogP) is 1.93. The molecule has 1 heterocycles. The highest BCUT2D eigenvalue weighted by Gasteiger charge is 2.23. The number of urea groups is 1. The number of nitrogens with one attached hydrogen (secondary N) is 2. The van der Waals surface area contributed by atoms with Crippen molar-refractivity contribution in [2.45, 2.75) is 45.2 Å². The molecule has 1 aromatic rings. The van der Waals surface area contributed by atoms with Crippen molar-refractivity contribution in [3.8, 4) is 0 Å². The van der Waals surface area contributed by atoms with Crippen LogP contribution in [0.1, 0.15) is 32.3 Å². The van der Waals surface area contributed by atoms with Gasteiger partial charge in [0.15, 0.2) is 0 Å². The highest BCUT2D eigenvalue weighted by Crippen LogP contribution is 2.11. The molecule has 1 aliphatic rings. The van der Waals surface area contributed by atoms with Gasteiger partial charge < -0.3 is 15.5 Å². The molecule has 0 aromatic heterocycles. The molecule has 1 aromatic carbocycles. The van der Waals surface area contributed by atoms with Gasteiger partial charge >= 0.3 is 6.03 Å². The van der Waals surface area contributed by atoms with Crippen LogP contribution in [0.15, 0.2) is 30.3 Å². The Balaban J connectivity index is 1.73. The number of amides is 3. The standard InChI is InChI=1S/C17H25N3O2/c1-13(2)18-17(22)20-10-8-15(9-11-20)19-16(21)12-14-6-4-3-5-7-14/h3-7,13,15H,8-12H2,1-2H3,(H,18,22)(H,19,21). The Kier molecular flexibility index (Phi) is 5.81. The van der Waals surface area contributed by atoms with E-state index in [2.05, 4.69) is 10.6 Å². The molecule has 5 nitrogen and oxygen atoms in total. The SMILES string of the molecule is CC(C)NC(=O)N1CCC(NC(=O)Cc2ccccc2)CC1. The Morgan fingerprint density at radius 3 is 2.41 bits per heavy atom. The highest BCUT2D eigenvalue weighted by molar-refractivity contribution is 5.79. The second kappa shape index (κ2) is 7.82. The van der Waals surface area contributed by atoms with Gasteiger partial charge in [-0.3, -0.25) is 4.79 Å². The predicted molar refractivity (Wildman–Crippen MR) is 86.6 cm³/mol. The molecule has 2 rings (SSSR count). The summed E-state index contributed by atoms with van der Waals surface area (Å²) in [7, 11) is 0. The van der Waals surface area contributed by atoms with Crippen LogP contribution >= 0.6 is 0 Å². The van der Waals surface area contributed by atoms with Crippen molar-refractivity contribution < 1.29 is 9.59 Å². The van der Waals surface area contributed by atoms with Gasteiger partial charge in [0, 0.05) is 25.2 Å². The molecule has 0 bridgehead atoms. The molecule has 1 saturated heterocycles. The maximum atomic E-state index is 12.0. The van der Waals surface area contributed by atoms with Gasteiger partial charge in [0.2, 0.25) is 5.91 Å². The van der Waals surface area contributed by atoms with Crippen LogP contribution in [0.4, 0.5) is 4.79 Å². The Labute approximate surface area is 132 Å². The minimum absolute atomic E-state index is 0.0101. The van der Waals surface area contributed by atoms with Crippen LogP contribution in [0.3, 0.4) is 0 Å². The number of piperidine rings is 1. The molecule has 1 aliphatic heterocycles. The monoisotopic (exact) mass is 303 g/mol. The van der Waals surface area contributed by atoms with Crippen molar-refractivity contribution in [3.63, 3.8) is 0 Å².